The van der Waals surface area contributed by atoms with Crippen LogP contribution in [0.5, 0.6) is 0 Å². The normalized spacial score (nSPS) is 13.0. The molecule has 0 atom stereocenters. The van der Waals surface area contributed by atoms with Gasteiger partial charge in [-0.1, -0.05) is 35.5 Å². The lowest BCUT2D eigenvalue weighted by atomic mass is 9.79. The molecule has 5 rings (SSSR count). The number of carbonyl (C=O) groups excluding carboxylic acids is 1. The van der Waals surface area contributed by atoms with E-state index in [4.69, 9.17) is 20.4 Å². The van der Waals surface area contributed by atoms with Gasteiger partial charge in [0.05, 0.1) is 24.4 Å². The largest absolute Gasteiger partial charge is 0.488 e. The molecule has 0 saturated heterocycles. The summed E-state index contributed by atoms with van der Waals surface area (Å²) >= 11 is 0. The van der Waals surface area contributed by atoms with Crippen molar-refractivity contribution >= 4 is 29.8 Å². The standard InChI is InChI=1S/C21H20BN7O4/c23-19(30)17-6-2-5-16-18(27-28-29(16)17)21-25-15-7-8-33-11-14(15)20(26-21)24-10-12-3-1-4-13(9-12)22(31)32/h1-6,9,31-32H,7-8,10-11H2,(H2,23,30)(H,24,25,26). The molecule has 0 fully saturated rings. The number of nitrogens with one attached hydrogen (secondary N) is 1. The van der Waals surface area contributed by atoms with E-state index in [1.54, 1.807) is 36.4 Å². The fourth-order valence-corrected chi connectivity index (χ4v) is 3.80. The van der Waals surface area contributed by atoms with Gasteiger partial charge in [-0.2, -0.15) is 0 Å². The first-order valence-corrected chi connectivity index (χ1v) is 10.3. The Hall–Kier alpha value is -3.87. The second-order valence-corrected chi connectivity index (χ2v) is 7.61. The number of fused-ring (bicyclic) bond motifs is 2. The Labute approximate surface area is 188 Å². The van der Waals surface area contributed by atoms with Gasteiger partial charge in [0, 0.05) is 18.5 Å². The molecule has 5 N–H and O–H groups in total. The fourth-order valence-electron chi connectivity index (χ4n) is 3.80. The number of anilines is 1. The van der Waals surface area contributed by atoms with Gasteiger partial charge >= 0.3 is 7.12 Å². The van der Waals surface area contributed by atoms with Gasteiger partial charge in [-0.15, -0.1) is 5.10 Å². The van der Waals surface area contributed by atoms with Crippen LogP contribution in [0.15, 0.2) is 42.5 Å². The van der Waals surface area contributed by atoms with E-state index >= 15 is 0 Å². The lowest BCUT2D eigenvalue weighted by Gasteiger charge is -2.20. The highest BCUT2D eigenvalue weighted by atomic mass is 16.5. The number of benzene rings is 1. The third-order valence-electron chi connectivity index (χ3n) is 5.44. The van der Waals surface area contributed by atoms with Gasteiger partial charge in [-0.3, -0.25) is 4.79 Å². The van der Waals surface area contributed by atoms with Crippen LogP contribution in [0.2, 0.25) is 0 Å². The van der Waals surface area contributed by atoms with Crippen LogP contribution in [0, 0.1) is 0 Å². The molecule has 1 amide bonds. The van der Waals surface area contributed by atoms with Crippen molar-refractivity contribution < 1.29 is 19.6 Å². The van der Waals surface area contributed by atoms with Crippen molar-refractivity contribution in [1.29, 1.82) is 0 Å². The van der Waals surface area contributed by atoms with Crippen LogP contribution >= 0.6 is 0 Å². The summed E-state index contributed by atoms with van der Waals surface area (Å²) in [6, 6.07) is 12.0. The maximum absolute atomic E-state index is 11.7. The zero-order valence-electron chi connectivity index (χ0n) is 17.5. The number of ether oxygens (including phenoxy) is 1. The summed E-state index contributed by atoms with van der Waals surface area (Å²) in [6.07, 6.45) is 0.622. The number of hydrogen-bond donors (Lipinski definition) is 4. The number of amides is 1. The highest BCUT2D eigenvalue weighted by Gasteiger charge is 2.22. The number of aromatic nitrogens is 5. The summed E-state index contributed by atoms with van der Waals surface area (Å²) in [5.74, 6) is 0.351. The van der Waals surface area contributed by atoms with Crippen molar-refractivity contribution in [2.75, 3.05) is 11.9 Å². The Morgan fingerprint density at radius 3 is 2.88 bits per heavy atom. The molecule has 0 unspecified atom stereocenters. The maximum atomic E-state index is 11.7. The molecule has 166 valence electrons. The van der Waals surface area contributed by atoms with Crippen LogP contribution < -0.4 is 16.5 Å². The van der Waals surface area contributed by atoms with Crippen LogP contribution in [0.4, 0.5) is 5.82 Å². The fraction of sp³-hybridized carbons (Fsp3) is 0.190. The lowest BCUT2D eigenvalue weighted by molar-refractivity contribution is 0.0993. The third-order valence-corrected chi connectivity index (χ3v) is 5.44. The average molecular weight is 445 g/mol. The van der Waals surface area contributed by atoms with Gasteiger partial charge in [-0.05, 0) is 23.2 Å². The molecule has 11 nitrogen and oxygen atoms in total. The lowest BCUT2D eigenvalue weighted by Crippen LogP contribution is -2.30. The molecular weight excluding hydrogens is 425 g/mol. The van der Waals surface area contributed by atoms with Crippen LogP contribution in [-0.2, 0) is 24.3 Å². The van der Waals surface area contributed by atoms with E-state index in [-0.39, 0.29) is 5.69 Å². The first-order chi connectivity index (χ1) is 16.0. The van der Waals surface area contributed by atoms with Gasteiger partial charge < -0.3 is 25.8 Å². The average Bonchev–Trinajstić information content (AvgIpc) is 3.26. The molecule has 1 aromatic carbocycles. The Morgan fingerprint density at radius 2 is 2.06 bits per heavy atom. The second kappa shape index (κ2) is 8.58. The summed E-state index contributed by atoms with van der Waals surface area (Å²) in [5, 5.41) is 30.5. The van der Waals surface area contributed by atoms with E-state index in [1.165, 1.54) is 4.52 Å². The molecule has 1 aliphatic rings. The minimum atomic E-state index is -1.54. The molecule has 33 heavy (non-hydrogen) atoms. The predicted octanol–water partition coefficient (Wildman–Crippen LogP) is -0.350. The Balaban J connectivity index is 1.54. The van der Waals surface area contributed by atoms with Gasteiger partial charge in [0.1, 0.15) is 11.5 Å². The van der Waals surface area contributed by atoms with Crippen LogP contribution in [0.1, 0.15) is 27.3 Å². The summed E-state index contributed by atoms with van der Waals surface area (Å²) in [4.78, 5) is 21.1. The molecular formula is C21H20BN7O4. The van der Waals surface area contributed by atoms with E-state index in [0.717, 1.165) is 16.8 Å². The molecule has 3 aromatic heterocycles. The molecule has 0 saturated carbocycles. The SMILES string of the molecule is NC(=O)c1cccc2c(-c3nc4c(c(NCc5cccc(B(O)O)c5)n3)COCC4)nnn12. The van der Waals surface area contributed by atoms with Crippen LogP contribution in [0.25, 0.3) is 17.0 Å². The number of nitrogens with zero attached hydrogens (tertiary/aromatic N) is 5. The zero-order chi connectivity index (χ0) is 22.9. The minimum Gasteiger partial charge on any atom is -0.423 e. The Bertz CT molecular complexity index is 1360. The van der Waals surface area contributed by atoms with Crippen LogP contribution in [-0.4, -0.2) is 54.5 Å². The van der Waals surface area contributed by atoms with Crippen molar-refractivity contribution in [2.45, 2.75) is 19.6 Å². The summed E-state index contributed by atoms with van der Waals surface area (Å²) in [6.45, 7) is 1.33. The molecule has 12 heteroatoms. The van der Waals surface area contributed by atoms with E-state index in [1.807, 2.05) is 6.07 Å². The van der Waals surface area contributed by atoms with Crippen molar-refractivity contribution in [2.24, 2.45) is 5.73 Å². The molecule has 0 radical (unpaired) electrons. The number of hydrogen-bond acceptors (Lipinski definition) is 9. The van der Waals surface area contributed by atoms with E-state index in [9.17, 15) is 14.8 Å². The molecule has 0 bridgehead atoms. The number of carbonyl (C=O) groups is 1. The van der Waals surface area contributed by atoms with E-state index < -0.39 is 13.0 Å². The highest BCUT2D eigenvalue weighted by molar-refractivity contribution is 6.58. The van der Waals surface area contributed by atoms with Crippen molar-refractivity contribution in [3.05, 3.63) is 65.0 Å². The summed E-state index contributed by atoms with van der Waals surface area (Å²) in [5.41, 5.74) is 9.62. The van der Waals surface area contributed by atoms with Crippen LogP contribution in [0.3, 0.4) is 0 Å². The van der Waals surface area contributed by atoms with Gasteiger partial charge in [0.2, 0.25) is 0 Å². The van der Waals surface area contributed by atoms with Crippen molar-refractivity contribution in [1.82, 2.24) is 24.8 Å². The first-order valence-electron chi connectivity index (χ1n) is 10.3. The highest BCUT2D eigenvalue weighted by Crippen LogP contribution is 2.28. The summed E-state index contributed by atoms with van der Waals surface area (Å²) in [7, 11) is -1.54. The van der Waals surface area contributed by atoms with Gasteiger partial charge in [0.25, 0.3) is 5.91 Å². The molecule has 4 heterocycles. The predicted molar refractivity (Wildman–Crippen MR) is 119 cm³/mol. The minimum absolute atomic E-state index is 0.210. The van der Waals surface area contributed by atoms with E-state index in [0.29, 0.717) is 54.5 Å². The van der Waals surface area contributed by atoms with Gasteiger partial charge in [-0.25, -0.2) is 14.5 Å². The topological polar surface area (TPSA) is 161 Å². The Kier molecular flexibility index (Phi) is 5.46. The van der Waals surface area contributed by atoms with Crippen molar-refractivity contribution in [3.8, 4) is 11.5 Å². The number of nitrogens with two attached hydrogens (primary N) is 1. The number of pyridine rings is 1. The summed E-state index contributed by atoms with van der Waals surface area (Å²) < 4.78 is 6.99. The van der Waals surface area contributed by atoms with Crippen molar-refractivity contribution in [3.63, 3.8) is 0 Å². The Morgan fingerprint density at radius 1 is 1.21 bits per heavy atom. The number of primary amides is 1. The third kappa shape index (κ3) is 4.02. The molecule has 4 aromatic rings. The molecule has 0 spiro atoms. The number of rotatable bonds is 6. The monoisotopic (exact) mass is 445 g/mol. The smallest absolute Gasteiger partial charge is 0.423 e. The first kappa shape index (κ1) is 21.0. The quantitative estimate of drug-likeness (QED) is 0.291. The maximum Gasteiger partial charge on any atom is 0.488 e. The molecule has 0 aliphatic carbocycles. The van der Waals surface area contributed by atoms with Gasteiger partial charge in [0.15, 0.2) is 11.5 Å². The molecule has 1 aliphatic heterocycles. The zero-order valence-corrected chi connectivity index (χ0v) is 17.5. The van der Waals surface area contributed by atoms with E-state index in [2.05, 4.69) is 15.6 Å². The second-order valence-electron chi connectivity index (χ2n) is 7.61.